The van der Waals surface area contributed by atoms with Crippen LogP contribution in [0.3, 0.4) is 0 Å². The molecule has 1 aromatic heterocycles. The zero-order valence-corrected chi connectivity index (χ0v) is 15.6. The van der Waals surface area contributed by atoms with Crippen molar-refractivity contribution in [3.63, 3.8) is 0 Å². The zero-order chi connectivity index (χ0) is 16.6. The SMILES string of the molecule is Cc1cc2ncnc(Nc3ccc([As](=O)(O)O)cc3)c2cc1C.O.O. The van der Waals surface area contributed by atoms with E-state index in [9.17, 15) is 11.9 Å². The molecule has 0 aliphatic heterocycles. The van der Waals surface area contributed by atoms with Crippen molar-refractivity contribution in [3.05, 3.63) is 53.9 Å². The Morgan fingerprint density at radius 1 is 0.960 bits per heavy atom. The summed E-state index contributed by atoms with van der Waals surface area (Å²) in [6.07, 6.45) is 1.49. The summed E-state index contributed by atoms with van der Waals surface area (Å²) in [7, 11) is 0. The van der Waals surface area contributed by atoms with Crippen molar-refractivity contribution in [1.29, 1.82) is 0 Å². The van der Waals surface area contributed by atoms with Gasteiger partial charge in [-0.05, 0) is 0 Å². The average molecular weight is 409 g/mol. The van der Waals surface area contributed by atoms with E-state index in [1.54, 1.807) is 12.1 Å². The number of fused-ring (bicyclic) bond motifs is 1. The molecule has 25 heavy (non-hydrogen) atoms. The van der Waals surface area contributed by atoms with E-state index < -0.39 is 14.2 Å². The Morgan fingerprint density at radius 2 is 1.56 bits per heavy atom. The summed E-state index contributed by atoms with van der Waals surface area (Å²) in [5.41, 5.74) is 3.86. The van der Waals surface area contributed by atoms with E-state index in [1.165, 1.54) is 18.5 Å². The maximum Gasteiger partial charge on any atom is -0.412 e. The number of hydrogen-bond donors (Lipinski definition) is 3. The number of anilines is 2. The van der Waals surface area contributed by atoms with Crippen LogP contribution in [-0.4, -0.2) is 43.3 Å². The van der Waals surface area contributed by atoms with Crippen molar-refractivity contribution in [2.45, 2.75) is 13.8 Å². The van der Waals surface area contributed by atoms with Gasteiger partial charge in [-0.15, -0.1) is 0 Å². The minimum absolute atomic E-state index is 0. The second kappa shape index (κ2) is 7.77. The third-order valence-electron chi connectivity index (χ3n) is 3.72. The summed E-state index contributed by atoms with van der Waals surface area (Å²) >= 11 is -4.85. The van der Waals surface area contributed by atoms with Crippen molar-refractivity contribution in [2.24, 2.45) is 0 Å². The monoisotopic (exact) mass is 409 g/mol. The number of nitrogens with one attached hydrogen (secondary N) is 1. The van der Waals surface area contributed by atoms with Crippen LogP contribution < -0.4 is 9.67 Å². The Bertz CT molecular complexity index is 925. The van der Waals surface area contributed by atoms with Gasteiger partial charge in [0.1, 0.15) is 0 Å². The van der Waals surface area contributed by atoms with Crippen LogP contribution in [0, 0.1) is 13.8 Å². The number of aryl methyl sites for hydroxylation is 2. The van der Waals surface area contributed by atoms with Crippen molar-refractivity contribution in [3.8, 4) is 0 Å². The molecule has 3 rings (SSSR count). The molecule has 3 aromatic rings. The molecule has 0 fully saturated rings. The van der Waals surface area contributed by atoms with Crippen LogP contribution in [0.2, 0.25) is 0 Å². The van der Waals surface area contributed by atoms with Gasteiger partial charge in [-0.3, -0.25) is 0 Å². The fourth-order valence-corrected chi connectivity index (χ4v) is 3.42. The minimum Gasteiger partial charge on any atom is -0.412 e. The van der Waals surface area contributed by atoms with Crippen molar-refractivity contribution < 1.29 is 22.9 Å². The predicted octanol–water partition coefficient (Wildman–Crippen LogP) is -0.0982. The van der Waals surface area contributed by atoms with Gasteiger partial charge in [-0.2, -0.15) is 0 Å². The van der Waals surface area contributed by atoms with Gasteiger partial charge in [0.25, 0.3) is 0 Å². The molecular formula is C16H20AsN3O5. The van der Waals surface area contributed by atoms with Crippen LogP contribution >= 0.6 is 0 Å². The molecule has 9 heteroatoms. The quantitative estimate of drug-likeness (QED) is 0.513. The average Bonchev–Trinajstić information content (AvgIpc) is 2.49. The van der Waals surface area contributed by atoms with Crippen LogP contribution in [0.1, 0.15) is 11.1 Å². The van der Waals surface area contributed by atoms with Gasteiger partial charge in [-0.1, -0.05) is 0 Å². The normalized spacial score (nSPS) is 10.7. The molecule has 1 heterocycles. The van der Waals surface area contributed by atoms with E-state index in [0.29, 0.717) is 11.5 Å². The van der Waals surface area contributed by atoms with E-state index >= 15 is 0 Å². The van der Waals surface area contributed by atoms with Crippen molar-refractivity contribution in [2.75, 3.05) is 5.32 Å². The van der Waals surface area contributed by atoms with E-state index in [-0.39, 0.29) is 15.3 Å². The number of aromatic nitrogens is 2. The summed E-state index contributed by atoms with van der Waals surface area (Å²) in [4.78, 5) is 8.55. The predicted molar refractivity (Wildman–Crippen MR) is 96.5 cm³/mol. The maximum atomic E-state index is 11.3. The van der Waals surface area contributed by atoms with Gasteiger partial charge in [0, 0.05) is 0 Å². The maximum absolute atomic E-state index is 11.3. The molecule has 0 saturated heterocycles. The molecule has 0 amide bonds. The first-order valence-corrected chi connectivity index (χ1v) is 10.4. The molecule has 0 atom stereocenters. The summed E-state index contributed by atoms with van der Waals surface area (Å²) < 4.78 is 29.7. The third-order valence-corrected chi connectivity index (χ3v) is 5.75. The Morgan fingerprint density at radius 3 is 2.16 bits per heavy atom. The Hall–Kier alpha value is -2.22. The van der Waals surface area contributed by atoms with E-state index in [4.69, 9.17) is 0 Å². The van der Waals surface area contributed by atoms with Crippen LogP contribution in [0.4, 0.5) is 11.5 Å². The number of hydrogen-bond acceptors (Lipinski definition) is 4. The largest absolute Gasteiger partial charge is 0.412 e. The third kappa shape index (κ3) is 4.45. The van der Waals surface area contributed by atoms with Gasteiger partial charge < -0.3 is 11.0 Å². The molecule has 8 nitrogen and oxygen atoms in total. The smallest absolute Gasteiger partial charge is 0.412 e. The molecule has 0 unspecified atom stereocenters. The van der Waals surface area contributed by atoms with Crippen molar-refractivity contribution >= 4 is 40.9 Å². The van der Waals surface area contributed by atoms with Crippen LogP contribution in [0.15, 0.2) is 42.7 Å². The number of nitrogens with zero attached hydrogens (tertiary/aromatic N) is 2. The first-order chi connectivity index (χ1) is 10.8. The fraction of sp³-hybridized carbons (Fsp3) is 0.125. The van der Waals surface area contributed by atoms with E-state index in [1.807, 2.05) is 26.0 Å². The van der Waals surface area contributed by atoms with Gasteiger partial charge >= 0.3 is 136 Å². The molecule has 0 spiro atoms. The van der Waals surface area contributed by atoms with Gasteiger partial charge in [0.15, 0.2) is 0 Å². The Kier molecular flexibility index (Phi) is 6.47. The molecule has 7 N–H and O–H groups in total. The van der Waals surface area contributed by atoms with Crippen LogP contribution in [0.25, 0.3) is 10.9 Å². The molecular weight excluding hydrogens is 389 g/mol. The summed E-state index contributed by atoms with van der Waals surface area (Å²) in [6.45, 7) is 4.06. The van der Waals surface area contributed by atoms with Crippen LogP contribution in [-0.2, 0) is 3.74 Å². The molecule has 0 aliphatic rings. The summed E-state index contributed by atoms with van der Waals surface area (Å²) in [5, 5.41) is 4.08. The van der Waals surface area contributed by atoms with Gasteiger partial charge in [0.2, 0.25) is 0 Å². The first kappa shape index (κ1) is 20.8. The summed E-state index contributed by atoms with van der Waals surface area (Å²) in [6, 6.07) is 10.2. The molecule has 134 valence electrons. The molecule has 0 aliphatic carbocycles. The number of benzene rings is 2. The van der Waals surface area contributed by atoms with Gasteiger partial charge in [-0.25, -0.2) is 0 Å². The zero-order valence-electron chi connectivity index (χ0n) is 13.7. The van der Waals surface area contributed by atoms with Crippen LogP contribution in [0.5, 0.6) is 0 Å². The minimum atomic E-state index is -4.85. The molecule has 0 saturated carbocycles. The van der Waals surface area contributed by atoms with Crippen molar-refractivity contribution in [1.82, 2.24) is 9.97 Å². The number of rotatable bonds is 3. The first-order valence-electron chi connectivity index (χ1n) is 7.00. The van der Waals surface area contributed by atoms with Gasteiger partial charge in [0.05, 0.1) is 0 Å². The fourth-order valence-electron chi connectivity index (χ4n) is 2.29. The second-order valence-electron chi connectivity index (χ2n) is 5.39. The van der Waals surface area contributed by atoms with E-state index in [0.717, 1.165) is 22.0 Å². The van der Waals surface area contributed by atoms with E-state index in [2.05, 4.69) is 15.3 Å². The Balaban J connectivity index is 0.00000156. The summed E-state index contributed by atoms with van der Waals surface area (Å²) in [5.74, 6) is 0.660. The topological polar surface area (TPSA) is 158 Å². The Labute approximate surface area is 147 Å². The molecule has 0 bridgehead atoms. The molecule has 0 radical (unpaired) electrons. The molecule has 2 aromatic carbocycles. The second-order valence-corrected chi connectivity index (χ2v) is 8.76. The standard InChI is InChI=1S/C16H16AsN3O3.2H2O/c1-10-7-14-15(8-11(10)2)18-9-19-16(14)20-13-5-3-12(4-6-13)17(21,22)23;;/h3-9H,1-2H3,(H,18,19,20)(H2,21,22,23);2*1H2.